The van der Waals surface area contributed by atoms with Crippen molar-refractivity contribution in [2.45, 2.75) is 50.7 Å². The van der Waals surface area contributed by atoms with E-state index in [0.717, 1.165) is 11.4 Å². The van der Waals surface area contributed by atoms with E-state index in [1.54, 1.807) is 23.1 Å². The Morgan fingerprint density at radius 2 is 2.21 bits per heavy atom. The Balaban J connectivity index is 2.13. The molecule has 3 nitrogen and oxygen atoms in total. The van der Waals surface area contributed by atoms with E-state index in [1.165, 1.54) is 4.83 Å². The summed E-state index contributed by atoms with van der Waals surface area (Å²) in [5.41, 5.74) is 0.488. The maximum Gasteiger partial charge on any atom is 0.172 e. The molecule has 0 saturated heterocycles. The van der Waals surface area contributed by atoms with E-state index in [9.17, 15) is 0 Å². The summed E-state index contributed by atoms with van der Waals surface area (Å²) in [6, 6.07) is 0. The van der Waals surface area contributed by atoms with E-state index in [0.29, 0.717) is 0 Å². The van der Waals surface area contributed by atoms with Gasteiger partial charge in [0.05, 0.1) is 5.44 Å². The number of rotatable bonds is 5. The lowest BCUT2D eigenvalue weighted by Crippen LogP contribution is -2.23. The van der Waals surface area contributed by atoms with Crippen molar-refractivity contribution >= 4 is 37.0 Å². The highest BCUT2D eigenvalue weighted by atomic mass is 32.2. The highest BCUT2D eigenvalue weighted by Gasteiger charge is 2.23. The van der Waals surface area contributed by atoms with Gasteiger partial charge in [0.25, 0.3) is 0 Å². The van der Waals surface area contributed by atoms with Gasteiger partial charge in [0.1, 0.15) is 16.2 Å². The van der Waals surface area contributed by atoms with Crippen LogP contribution in [0.4, 0.5) is 0 Å². The van der Waals surface area contributed by atoms with E-state index in [-0.39, 0.29) is 10.9 Å². The second-order valence-corrected chi connectivity index (χ2v) is 10.6. The van der Waals surface area contributed by atoms with Crippen molar-refractivity contribution in [3.8, 4) is 0 Å². The first-order chi connectivity index (χ1) is 8.85. The summed E-state index contributed by atoms with van der Waals surface area (Å²) in [5, 5.41) is 3.19. The summed E-state index contributed by atoms with van der Waals surface area (Å²) in [5.74, 6) is 0. The van der Waals surface area contributed by atoms with Crippen LogP contribution < -0.4 is 0 Å². The summed E-state index contributed by atoms with van der Waals surface area (Å²) in [4.78, 5) is 5.72. The predicted octanol–water partition coefficient (Wildman–Crippen LogP) is 4.25. The maximum atomic E-state index is 6.18. The van der Waals surface area contributed by atoms with Gasteiger partial charge in [-0.2, -0.15) is 0 Å². The molecule has 2 aromatic heterocycles. The first-order valence-electron chi connectivity index (χ1n) is 6.57. The molecule has 2 aromatic rings. The highest BCUT2D eigenvalue weighted by Crippen LogP contribution is 2.35. The van der Waals surface area contributed by atoms with Crippen LogP contribution in [0.5, 0.6) is 0 Å². The molecule has 1 atom stereocenters. The van der Waals surface area contributed by atoms with E-state index < -0.39 is 9.04 Å². The normalized spacial score (nSPS) is 14.4. The lowest BCUT2D eigenvalue weighted by molar-refractivity contribution is 0.218. The summed E-state index contributed by atoms with van der Waals surface area (Å²) in [7, 11) is -1.04. The van der Waals surface area contributed by atoms with Crippen LogP contribution in [0.1, 0.15) is 27.2 Å². The van der Waals surface area contributed by atoms with Gasteiger partial charge >= 0.3 is 0 Å². The Morgan fingerprint density at radius 3 is 2.84 bits per heavy atom. The molecule has 2 rings (SSSR count). The van der Waals surface area contributed by atoms with Gasteiger partial charge in [-0.3, -0.25) is 4.40 Å². The van der Waals surface area contributed by atoms with Crippen LogP contribution in [0.15, 0.2) is 22.9 Å². The molecule has 0 aromatic carbocycles. The minimum Gasteiger partial charge on any atom is -0.408 e. The third kappa shape index (κ3) is 4.34. The van der Waals surface area contributed by atoms with Gasteiger partial charge in [0, 0.05) is 11.6 Å². The molecule has 0 amide bonds. The van der Waals surface area contributed by atoms with Crippen LogP contribution >= 0.6 is 23.1 Å². The molecule has 2 heterocycles. The van der Waals surface area contributed by atoms with Gasteiger partial charge in [-0.05, 0) is 24.9 Å². The van der Waals surface area contributed by atoms with E-state index >= 15 is 0 Å². The van der Waals surface area contributed by atoms with Gasteiger partial charge in [0.2, 0.25) is 0 Å². The number of fused-ring (bicyclic) bond motifs is 1. The number of thiazole rings is 1. The number of nitrogens with zero attached hydrogens (tertiary/aromatic N) is 2. The molecular formula is C13H22N2OS2Si. The minimum atomic E-state index is -1.04. The monoisotopic (exact) mass is 314 g/mol. The molecular weight excluding hydrogens is 292 g/mol. The molecule has 0 saturated carbocycles. The van der Waals surface area contributed by atoms with Crippen LogP contribution in [-0.4, -0.2) is 23.9 Å². The molecule has 6 heteroatoms. The van der Waals surface area contributed by atoms with Gasteiger partial charge in [0.15, 0.2) is 9.04 Å². The van der Waals surface area contributed by atoms with Crippen LogP contribution in [0.3, 0.4) is 0 Å². The average Bonchev–Trinajstić information content (AvgIpc) is 2.79. The Labute approximate surface area is 125 Å². The second-order valence-electron chi connectivity index (χ2n) is 6.16. The third-order valence-electron chi connectivity index (χ3n) is 2.56. The highest BCUT2D eigenvalue weighted by molar-refractivity contribution is 8.00. The van der Waals surface area contributed by atoms with Crippen molar-refractivity contribution in [1.29, 1.82) is 0 Å². The molecule has 0 radical (unpaired) electrons. The van der Waals surface area contributed by atoms with Crippen molar-refractivity contribution < 1.29 is 4.43 Å². The SMILES string of the molecule is C[SiH](C)OC(CC(C)(C)C)Sc1ncn2ccsc12. The molecule has 0 aliphatic heterocycles. The van der Waals surface area contributed by atoms with Crippen LogP contribution in [0, 0.1) is 5.41 Å². The molecule has 0 aliphatic rings. The molecule has 19 heavy (non-hydrogen) atoms. The zero-order valence-corrected chi connectivity index (χ0v) is 15.0. The number of imidazole rings is 1. The molecule has 106 valence electrons. The fraction of sp³-hybridized carbons (Fsp3) is 0.615. The van der Waals surface area contributed by atoms with E-state index in [2.05, 4.69) is 48.6 Å². The first kappa shape index (κ1) is 15.1. The summed E-state index contributed by atoms with van der Waals surface area (Å²) in [6.07, 6.45) is 4.98. The summed E-state index contributed by atoms with van der Waals surface area (Å²) < 4.78 is 8.26. The lowest BCUT2D eigenvalue weighted by atomic mass is 9.93. The fourth-order valence-electron chi connectivity index (χ4n) is 1.84. The van der Waals surface area contributed by atoms with Crippen LogP contribution in [0.25, 0.3) is 4.83 Å². The Morgan fingerprint density at radius 1 is 1.47 bits per heavy atom. The van der Waals surface area contributed by atoms with Crippen molar-refractivity contribution in [2.75, 3.05) is 0 Å². The zero-order chi connectivity index (χ0) is 14.0. The van der Waals surface area contributed by atoms with Crippen molar-refractivity contribution in [1.82, 2.24) is 9.38 Å². The van der Waals surface area contributed by atoms with Crippen molar-refractivity contribution in [3.05, 3.63) is 17.9 Å². The Kier molecular flexibility index (Phi) is 4.76. The second kappa shape index (κ2) is 5.99. The van der Waals surface area contributed by atoms with Crippen molar-refractivity contribution in [2.24, 2.45) is 5.41 Å². The molecule has 0 N–H and O–H groups in total. The Hall–Kier alpha value is -0.303. The first-order valence-corrected chi connectivity index (χ1v) is 11.1. The quantitative estimate of drug-likeness (QED) is 0.469. The van der Waals surface area contributed by atoms with Crippen LogP contribution in [-0.2, 0) is 4.43 Å². The van der Waals surface area contributed by atoms with E-state index in [1.807, 2.05) is 12.5 Å². The zero-order valence-electron chi connectivity index (χ0n) is 12.2. The van der Waals surface area contributed by atoms with Gasteiger partial charge < -0.3 is 4.43 Å². The number of hydrogen-bond donors (Lipinski definition) is 0. The largest absolute Gasteiger partial charge is 0.408 e. The molecule has 0 aliphatic carbocycles. The molecule has 0 bridgehead atoms. The van der Waals surface area contributed by atoms with Gasteiger partial charge in [-0.25, -0.2) is 4.98 Å². The predicted molar refractivity (Wildman–Crippen MR) is 86.7 cm³/mol. The summed E-state index contributed by atoms with van der Waals surface area (Å²) in [6.45, 7) is 11.2. The van der Waals surface area contributed by atoms with Crippen LogP contribution in [0.2, 0.25) is 13.1 Å². The van der Waals surface area contributed by atoms with E-state index in [4.69, 9.17) is 4.43 Å². The molecule has 0 fully saturated rings. The molecule has 0 spiro atoms. The fourth-order valence-corrected chi connectivity index (χ4v) is 5.57. The van der Waals surface area contributed by atoms with Gasteiger partial charge in [-0.15, -0.1) is 11.3 Å². The maximum absolute atomic E-state index is 6.18. The number of hydrogen-bond acceptors (Lipinski definition) is 4. The minimum absolute atomic E-state index is 0.215. The smallest absolute Gasteiger partial charge is 0.172 e. The third-order valence-corrected chi connectivity index (χ3v) is 5.71. The summed E-state index contributed by atoms with van der Waals surface area (Å²) >= 11 is 3.51. The average molecular weight is 315 g/mol. The standard InChI is InChI=1S/C13H22N2OS2Si/c1-13(2,3)8-10(16-19(4)5)18-11-12-15(9-14-11)6-7-17-12/h6-7,9-10,19H,8H2,1-5H3. The number of thioether (sulfide) groups is 1. The Bertz CT molecular complexity index is 530. The molecule has 1 unspecified atom stereocenters. The topological polar surface area (TPSA) is 26.5 Å². The number of aromatic nitrogens is 2. The lowest BCUT2D eigenvalue weighted by Gasteiger charge is -2.26. The van der Waals surface area contributed by atoms with Gasteiger partial charge in [-0.1, -0.05) is 32.5 Å². The van der Waals surface area contributed by atoms with Crippen molar-refractivity contribution in [3.63, 3.8) is 0 Å².